The summed E-state index contributed by atoms with van der Waals surface area (Å²) in [5, 5.41) is 6.40. The predicted octanol–water partition coefficient (Wildman–Crippen LogP) is 3.79. The van der Waals surface area contributed by atoms with Gasteiger partial charge in [0.2, 0.25) is 0 Å². The van der Waals surface area contributed by atoms with Crippen molar-refractivity contribution in [3.05, 3.63) is 55.7 Å². The number of H-pyrrole nitrogens is 1. The highest BCUT2D eigenvalue weighted by Gasteiger charge is 2.29. The maximum absolute atomic E-state index is 14.1. The summed E-state index contributed by atoms with van der Waals surface area (Å²) >= 11 is 1.48. The van der Waals surface area contributed by atoms with Crippen LogP contribution in [0.1, 0.15) is 49.7 Å². The number of nitrogens with two attached hydrogens (primary N) is 1. The average molecular weight is 497 g/mol. The Morgan fingerprint density at radius 2 is 2.11 bits per heavy atom. The first-order valence-corrected chi connectivity index (χ1v) is 12.4. The molecule has 4 aromatic rings. The second-order valence-corrected chi connectivity index (χ2v) is 9.74. The third-order valence-electron chi connectivity index (χ3n) is 5.63. The zero-order chi connectivity index (χ0) is 25.3. The molecule has 184 valence electrons. The standard InChI is InChI=1S/C24H28N6O4S/c1-5-6-9-29(19-20(25)30(12-13(2)3)24(33)27-21(19)31)23(32)15-11-16(17-8-7-10-35-17)26-22-18(15)14(4)28-34-22/h7-8,10-11,13H,5-6,9,12,25H2,1-4H3,(H,27,31,33). The molecular formula is C24H28N6O4S. The summed E-state index contributed by atoms with van der Waals surface area (Å²) in [6, 6.07) is 5.48. The lowest BCUT2D eigenvalue weighted by Gasteiger charge is -2.25. The highest BCUT2D eigenvalue weighted by atomic mass is 32.1. The Labute approximate surface area is 205 Å². The molecule has 4 aromatic heterocycles. The maximum atomic E-state index is 14.1. The minimum absolute atomic E-state index is 0.0391. The van der Waals surface area contributed by atoms with E-state index >= 15 is 0 Å². The lowest BCUT2D eigenvalue weighted by Crippen LogP contribution is -2.42. The van der Waals surface area contributed by atoms with Gasteiger partial charge in [0.15, 0.2) is 5.69 Å². The third-order valence-corrected chi connectivity index (χ3v) is 6.53. The number of nitrogens with zero attached hydrogens (tertiary/aromatic N) is 4. The molecule has 0 fully saturated rings. The Bertz CT molecular complexity index is 1480. The number of amides is 1. The van der Waals surface area contributed by atoms with Crippen molar-refractivity contribution < 1.29 is 9.32 Å². The van der Waals surface area contributed by atoms with E-state index in [-0.39, 0.29) is 29.7 Å². The number of aromatic amines is 1. The minimum Gasteiger partial charge on any atom is -0.383 e. The van der Waals surface area contributed by atoms with E-state index in [0.29, 0.717) is 35.3 Å². The van der Waals surface area contributed by atoms with Crippen LogP contribution in [-0.2, 0) is 6.54 Å². The average Bonchev–Trinajstić information content (AvgIpc) is 3.48. The number of carbonyl (C=O) groups excluding carboxylic acids is 1. The van der Waals surface area contributed by atoms with Crippen LogP contribution in [0, 0.1) is 12.8 Å². The topological polar surface area (TPSA) is 140 Å². The lowest BCUT2D eigenvalue weighted by atomic mass is 10.1. The Hall–Kier alpha value is -3.73. The SMILES string of the molecule is CCCCN(C(=O)c1cc(-c2cccs2)nc2onc(C)c12)c1c(N)n(CC(C)C)c(=O)[nH]c1=O. The Morgan fingerprint density at radius 1 is 1.34 bits per heavy atom. The molecule has 11 heteroatoms. The molecule has 3 N–H and O–H groups in total. The highest BCUT2D eigenvalue weighted by molar-refractivity contribution is 7.13. The fraction of sp³-hybridized carbons (Fsp3) is 0.375. The van der Waals surface area contributed by atoms with Gasteiger partial charge in [0.05, 0.1) is 27.2 Å². The van der Waals surface area contributed by atoms with Crippen molar-refractivity contribution in [1.82, 2.24) is 19.7 Å². The largest absolute Gasteiger partial charge is 0.383 e. The summed E-state index contributed by atoms with van der Waals surface area (Å²) in [4.78, 5) is 48.7. The van der Waals surface area contributed by atoms with Crippen LogP contribution in [-0.4, -0.2) is 32.1 Å². The van der Waals surface area contributed by atoms with Crippen molar-refractivity contribution in [1.29, 1.82) is 0 Å². The number of nitrogens with one attached hydrogen (secondary N) is 1. The summed E-state index contributed by atoms with van der Waals surface area (Å²) < 4.78 is 6.71. The number of carbonyl (C=O) groups is 1. The maximum Gasteiger partial charge on any atom is 0.330 e. The second kappa shape index (κ2) is 9.87. The number of pyridine rings is 1. The van der Waals surface area contributed by atoms with E-state index in [4.69, 9.17) is 10.3 Å². The molecule has 0 radical (unpaired) electrons. The van der Waals surface area contributed by atoms with Gasteiger partial charge < -0.3 is 15.2 Å². The molecule has 0 aliphatic rings. The zero-order valence-electron chi connectivity index (χ0n) is 20.1. The van der Waals surface area contributed by atoms with Gasteiger partial charge in [0.25, 0.3) is 17.2 Å². The monoisotopic (exact) mass is 496 g/mol. The molecule has 4 heterocycles. The lowest BCUT2D eigenvalue weighted by molar-refractivity contribution is 0.0987. The Kier molecular flexibility index (Phi) is 6.88. The van der Waals surface area contributed by atoms with Gasteiger partial charge in [0, 0.05) is 13.1 Å². The van der Waals surface area contributed by atoms with Crippen LogP contribution in [0.4, 0.5) is 11.5 Å². The molecule has 0 aliphatic heterocycles. The molecule has 0 aliphatic carbocycles. The van der Waals surface area contributed by atoms with Crippen LogP contribution < -0.4 is 21.9 Å². The molecule has 0 aromatic carbocycles. The highest BCUT2D eigenvalue weighted by Crippen LogP contribution is 2.31. The van der Waals surface area contributed by atoms with Gasteiger partial charge in [-0.1, -0.05) is 38.4 Å². The van der Waals surface area contributed by atoms with Crippen LogP contribution in [0.2, 0.25) is 0 Å². The van der Waals surface area contributed by atoms with Crippen molar-refractivity contribution in [2.24, 2.45) is 5.92 Å². The third kappa shape index (κ3) is 4.63. The summed E-state index contributed by atoms with van der Waals surface area (Å²) in [7, 11) is 0. The molecule has 10 nitrogen and oxygen atoms in total. The number of aromatic nitrogens is 4. The first-order valence-electron chi connectivity index (χ1n) is 11.5. The number of hydrogen-bond acceptors (Lipinski definition) is 8. The minimum atomic E-state index is -0.706. The van der Waals surface area contributed by atoms with E-state index in [2.05, 4.69) is 15.1 Å². The van der Waals surface area contributed by atoms with Crippen LogP contribution in [0.5, 0.6) is 0 Å². The van der Waals surface area contributed by atoms with E-state index in [1.165, 1.54) is 20.8 Å². The number of nitrogen functional groups attached to an aromatic ring is 1. The first kappa shape index (κ1) is 24.4. The van der Waals surface area contributed by atoms with Gasteiger partial charge >= 0.3 is 5.69 Å². The molecule has 0 unspecified atom stereocenters. The number of aryl methyl sites for hydroxylation is 1. The van der Waals surface area contributed by atoms with Gasteiger partial charge in [0.1, 0.15) is 5.82 Å². The summed E-state index contributed by atoms with van der Waals surface area (Å²) in [6.07, 6.45) is 1.41. The summed E-state index contributed by atoms with van der Waals surface area (Å²) in [5.41, 5.74) is 6.62. The number of hydrogen-bond donors (Lipinski definition) is 2. The number of unbranched alkanes of at least 4 members (excludes halogenated alkanes) is 1. The molecule has 4 rings (SSSR count). The molecule has 35 heavy (non-hydrogen) atoms. The van der Waals surface area contributed by atoms with Crippen LogP contribution in [0.15, 0.2) is 37.7 Å². The van der Waals surface area contributed by atoms with Crippen molar-refractivity contribution in [2.75, 3.05) is 17.2 Å². The number of anilines is 2. The Balaban J connectivity index is 1.93. The Morgan fingerprint density at radius 3 is 2.77 bits per heavy atom. The van der Waals surface area contributed by atoms with Crippen LogP contribution in [0.25, 0.3) is 21.7 Å². The van der Waals surface area contributed by atoms with E-state index < -0.39 is 17.2 Å². The zero-order valence-corrected chi connectivity index (χ0v) is 20.9. The van der Waals surface area contributed by atoms with E-state index in [0.717, 1.165) is 11.3 Å². The van der Waals surface area contributed by atoms with E-state index in [9.17, 15) is 14.4 Å². The normalized spacial score (nSPS) is 11.5. The van der Waals surface area contributed by atoms with Crippen LogP contribution >= 0.6 is 11.3 Å². The smallest absolute Gasteiger partial charge is 0.330 e. The molecule has 0 bridgehead atoms. The molecule has 0 spiro atoms. The number of fused-ring (bicyclic) bond motifs is 1. The van der Waals surface area contributed by atoms with E-state index in [1.54, 1.807) is 13.0 Å². The van der Waals surface area contributed by atoms with Crippen molar-refractivity contribution in [2.45, 2.75) is 47.1 Å². The summed E-state index contributed by atoms with van der Waals surface area (Å²) in [6.45, 7) is 8.13. The van der Waals surface area contributed by atoms with Gasteiger partial charge in [-0.25, -0.2) is 9.78 Å². The van der Waals surface area contributed by atoms with Gasteiger partial charge in [-0.05, 0) is 36.8 Å². The number of rotatable bonds is 8. The molecular weight excluding hydrogens is 468 g/mol. The van der Waals surface area contributed by atoms with Crippen molar-refractivity contribution in [3.63, 3.8) is 0 Å². The fourth-order valence-electron chi connectivity index (χ4n) is 3.98. The fourth-order valence-corrected chi connectivity index (χ4v) is 4.66. The predicted molar refractivity (Wildman–Crippen MR) is 137 cm³/mol. The van der Waals surface area contributed by atoms with Crippen LogP contribution in [0.3, 0.4) is 0 Å². The van der Waals surface area contributed by atoms with Crippen molar-refractivity contribution >= 4 is 39.8 Å². The van der Waals surface area contributed by atoms with E-state index in [1.807, 2.05) is 38.3 Å². The van der Waals surface area contributed by atoms with Gasteiger partial charge in [-0.2, -0.15) is 0 Å². The quantitative estimate of drug-likeness (QED) is 0.378. The summed E-state index contributed by atoms with van der Waals surface area (Å²) in [5.74, 6) is -0.383. The first-order chi connectivity index (χ1) is 16.7. The molecule has 0 atom stereocenters. The van der Waals surface area contributed by atoms with Gasteiger partial charge in [-0.15, -0.1) is 11.3 Å². The van der Waals surface area contributed by atoms with Gasteiger partial charge in [-0.3, -0.25) is 19.1 Å². The molecule has 0 saturated heterocycles. The molecule has 0 saturated carbocycles. The second-order valence-electron chi connectivity index (χ2n) is 8.79. The molecule has 1 amide bonds. The van der Waals surface area contributed by atoms with Crippen molar-refractivity contribution in [3.8, 4) is 10.6 Å². The number of thiophene rings is 1.